The maximum atomic E-state index is 13.2. The largest absolute Gasteiger partial charge is 0.457 e. The first-order valence-electron chi connectivity index (χ1n) is 17.3. The number of alkyl carbamates (subject to hydrolysis) is 2. The summed E-state index contributed by atoms with van der Waals surface area (Å²) in [4.78, 5) is 38.5. The standard InChI is InChI=1S/C41H41N5O5S2/c47-40(49-27-38-22-42-29-52-38)44-34(19-31-11-4-1-5-12-31)25-46(24-33-15-10-18-37(21-33)51-36-16-8-3-9-17-36)26-35(20-32-13-6-2-7-14-32)45-41(48)50-28-39-23-43-30-53-39/h1-18,21-23,29-30,34-35H,19-20,24-28H2,(H,44,47)(H,45,48)/t34-,35+. The van der Waals surface area contributed by atoms with Gasteiger partial charge in [-0.05, 0) is 53.8 Å². The van der Waals surface area contributed by atoms with E-state index in [1.807, 2.05) is 109 Å². The molecule has 10 nitrogen and oxygen atoms in total. The molecule has 0 aliphatic heterocycles. The van der Waals surface area contributed by atoms with Crippen molar-refractivity contribution in [2.24, 2.45) is 0 Å². The summed E-state index contributed by atoms with van der Waals surface area (Å²) in [6.45, 7) is 1.70. The normalized spacial score (nSPS) is 12.1. The van der Waals surface area contributed by atoms with Gasteiger partial charge >= 0.3 is 12.2 Å². The number of amides is 2. The Balaban J connectivity index is 1.24. The van der Waals surface area contributed by atoms with Crippen LogP contribution in [0, 0.1) is 0 Å². The Morgan fingerprint density at radius 1 is 0.604 bits per heavy atom. The van der Waals surface area contributed by atoms with Gasteiger partial charge in [0.15, 0.2) is 0 Å². The summed E-state index contributed by atoms with van der Waals surface area (Å²) in [7, 11) is 0. The molecule has 4 aromatic carbocycles. The average molecular weight is 748 g/mol. The molecule has 0 spiro atoms. The molecule has 6 rings (SSSR count). The lowest BCUT2D eigenvalue weighted by Gasteiger charge is -2.32. The summed E-state index contributed by atoms with van der Waals surface area (Å²) in [5, 5.41) is 6.26. The van der Waals surface area contributed by atoms with E-state index in [-0.39, 0.29) is 25.3 Å². The molecular weight excluding hydrogens is 707 g/mol. The van der Waals surface area contributed by atoms with Crippen LogP contribution >= 0.6 is 22.7 Å². The van der Waals surface area contributed by atoms with Crippen LogP contribution in [0.2, 0.25) is 0 Å². The molecule has 0 saturated carbocycles. The van der Waals surface area contributed by atoms with Gasteiger partial charge in [-0.15, -0.1) is 22.7 Å². The Labute approximate surface area is 317 Å². The van der Waals surface area contributed by atoms with Crippen molar-refractivity contribution in [2.45, 2.75) is 44.7 Å². The van der Waals surface area contributed by atoms with Gasteiger partial charge in [0, 0.05) is 44.1 Å². The molecule has 2 N–H and O–H groups in total. The van der Waals surface area contributed by atoms with Crippen LogP contribution in [0.15, 0.2) is 139 Å². The number of carbonyl (C=O) groups excluding carboxylic acids is 2. The fourth-order valence-electron chi connectivity index (χ4n) is 5.85. The van der Waals surface area contributed by atoms with Crippen molar-refractivity contribution >= 4 is 34.9 Å². The predicted octanol–water partition coefficient (Wildman–Crippen LogP) is 8.27. The minimum Gasteiger partial charge on any atom is -0.457 e. The van der Waals surface area contributed by atoms with Crippen molar-refractivity contribution in [2.75, 3.05) is 13.1 Å². The second-order valence-corrected chi connectivity index (χ2v) is 14.3. The molecule has 0 aliphatic rings. The van der Waals surface area contributed by atoms with Gasteiger partial charge in [-0.3, -0.25) is 14.9 Å². The minimum atomic E-state index is -0.511. The van der Waals surface area contributed by atoms with Crippen molar-refractivity contribution < 1.29 is 23.8 Å². The van der Waals surface area contributed by atoms with Crippen LogP contribution in [-0.2, 0) is 42.1 Å². The lowest BCUT2D eigenvalue weighted by molar-refractivity contribution is 0.126. The second kappa shape index (κ2) is 19.9. The first-order valence-corrected chi connectivity index (χ1v) is 19.0. The highest BCUT2D eigenvalue weighted by molar-refractivity contribution is 7.09. The van der Waals surface area contributed by atoms with Gasteiger partial charge in [-0.25, -0.2) is 9.59 Å². The van der Waals surface area contributed by atoms with Gasteiger partial charge in [-0.1, -0.05) is 91.0 Å². The number of nitrogens with one attached hydrogen (secondary N) is 2. The molecule has 0 fully saturated rings. The van der Waals surface area contributed by atoms with E-state index in [1.165, 1.54) is 22.7 Å². The van der Waals surface area contributed by atoms with E-state index in [0.717, 1.165) is 32.2 Å². The van der Waals surface area contributed by atoms with E-state index in [4.69, 9.17) is 14.2 Å². The highest BCUT2D eigenvalue weighted by atomic mass is 32.1. The first kappa shape index (κ1) is 37.2. The van der Waals surface area contributed by atoms with E-state index in [2.05, 4.69) is 31.6 Å². The summed E-state index contributed by atoms with van der Waals surface area (Å²) >= 11 is 2.87. The molecule has 0 saturated heterocycles. The Bertz CT molecular complexity index is 1850. The predicted molar refractivity (Wildman–Crippen MR) is 207 cm³/mol. The number of thiazole rings is 2. The summed E-state index contributed by atoms with van der Waals surface area (Å²) in [6, 6.07) is 37.1. The number of rotatable bonds is 18. The number of benzene rings is 4. The quantitative estimate of drug-likeness (QED) is 0.0904. The van der Waals surface area contributed by atoms with Crippen molar-refractivity contribution in [3.8, 4) is 11.5 Å². The molecule has 0 radical (unpaired) electrons. The van der Waals surface area contributed by atoms with Crippen LogP contribution in [0.25, 0.3) is 0 Å². The molecular formula is C41H41N5O5S2. The van der Waals surface area contributed by atoms with Crippen molar-refractivity contribution in [1.29, 1.82) is 0 Å². The van der Waals surface area contributed by atoms with Crippen molar-refractivity contribution in [3.63, 3.8) is 0 Å². The van der Waals surface area contributed by atoms with Crippen LogP contribution in [-0.4, -0.2) is 52.2 Å². The number of aromatic nitrogens is 2. The summed E-state index contributed by atoms with van der Waals surface area (Å²) in [5.74, 6) is 1.46. The molecule has 0 aliphatic carbocycles. The number of nitrogens with zero attached hydrogens (tertiary/aromatic N) is 3. The van der Waals surface area contributed by atoms with E-state index in [0.29, 0.717) is 38.2 Å². The zero-order valence-corrected chi connectivity index (χ0v) is 30.7. The number of hydrogen-bond acceptors (Lipinski definition) is 10. The number of para-hydroxylation sites is 1. The SMILES string of the molecule is O=C(N[C@H](Cc1ccccc1)CN(Cc1cccc(Oc2ccccc2)c1)C[C@H](Cc1ccccc1)NC(=O)OCc1cncs1)OCc1cncs1. The third-order valence-electron chi connectivity index (χ3n) is 8.19. The highest BCUT2D eigenvalue weighted by Crippen LogP contribution is 2.23. The number of ether oxygens (including phenoxy) is 3. The minimum absolute atomic E-state index is 0.138. The average Bonchev–Trinajstić information content (AvgIpc) is 3.90. The van der Waals surface area contributed by atoms with Crippen LogP contribution in [0.3, 0.4) is 0 Å². The third-order valence-corrected chi connectivity index (χ3v) is 9.70. The van der Waals surface area contributed by atoms with Gasteiger partial charge in [0.25, 0.3) is 0 Å². The highest BCUT2D eigenvalue weighted by Gasteiger charge is 2.24. The molecule has 12 heteroatoms. The Morgan fingerprint density at radius 2 is 1.08 bits per heavy atom. The van der Waals surface area contributed by atoms with Crippen LogP contribution in [0.1, 0.15) is 26.4 Å². The maximum absolute atomic E-state index is 13.2. The topological polar surface area (TPSA) is 115 Å². The molecule has 53 heavy (non-hydrogen) atoms. The van der Waals surface area contributed by atoms with Crippen molar-refractivity contribution in [3.05, 3.63) is 165 Å². The maximum Gasteiger partial charge on any atom is 0.407 e. The Kier molecular flexibility index (Phi) is 14.0. The fraction of sp³-hybridized carbons (Fsp3) is 0.220. The molecule has 2 atom stereocenters. The molecule has 272 valence electrons. The Hall–Kier alpha value is -5.56. The van der Waals surface area contributed by atoms with Gasteiger partial charge in [0.2, 0.25) is 0 Å². The second-order valence-electron chi connectivity index (χ2n) is 12.4. The van der Waals surface area contributed by atoms with Gasteiger partial charge in [0.1, 0.15) is 24.7 Å². The van der Waals surface area contributed by atoms with Gasteiger partial charge in [-0.2, -0.15) is 0 Å². The molecule has 2 amide bonds. The summed E-state index contributed by atoms with van der Waals surface area (Å²) in [5.41, 5.74) is 6.58. The first-order chi connectivity index (χ1) is 26.0. The van der Waals surface area contributed by atoms with Crippen LogP contribution in [0.5, 0.6) is 11.5 Å². The third kappa shape index (κ3) is 12.9. The molecule has 2 heterocycles. The van der Waals surface area contributed by atoms with E-state index in [1.54, 1.807) is 23.4 Å². The fourth-order valence-corrected chi connectivity index (χ4v) is 6.87. The van der Waals surface area contributed by atoms with Crippen LogP contribution in [0.4, 0.5) is 9.59 Å². The monoisotopic (exact) mass is 747 g/mol. The molecule has 2 aromatic heterocycles. The van der Waals surface area contributed by atoms with Crippen LogP contribution < -0.4 is 15.4 Å². The lowest BCUT2D eigenvalue weighted by atomic mass is 10.0. The van der Waals surface area contributed by atoms with E-state index in [9.17, 15) is 9.59 Å². The summed E-state index contributed by atoms with van der Waals surface area (Å²) < 4.78 is 17.4. The van der Waals surface area contributed by atoms with Gasteiger partial charge in [0.05, 0.1) is 20.8 Å². The molecule has 0 bridgehead atoms. The number of carbonyl (C=O) groups is 2. The smallest absolute Gasteiger partial charge is 0.407 e. The molecule has 6 aromatic rings. The van der Waals surface area contributed by atoms with Gasteiger partial charge < -0.3 is 24.8 Å². The van der Waals surface area contributed by atoms with E-state index >= 15 is 0 Å². The Morgan fingerprint density at radius 3 is 1.57 bits per heavy atom. The number of hydrogen-bond donors (Lipinski definition) is 2. The zero-order valence-electron chi connectivity index (χ0n) is 29.1. The summed E-state index contributed by atoms with van der Waals surface area (Å²) in [6.07, 6.45) is 3.50. The molecule has 0 unspecified atom stereocenters. The van der Waals surface area contributed by atoms with Crippen molar-refractivity contribution in [1.82, 2.24) is 25.5 Å². The lowest BCUT2D eigenvalue weighted by Crippen LogP contribution is -2.50. The zero-order chi connectivity index (χ0) is 36.5. The van der Waals surface area contributed by atoms with E-state index < -0.39 is 12.2 Å².